The number of benzene rings is 1. The second-order valence-corrected chi connectivity index (χ2v) is 7.22. The highest BCUT2D eigenvalue weighted by Gasteiger charge is 2.33. The molecule has 0 bridgehead atoms. The lowest BCUT2D eigenvalue weighted by atomic mass is 10.1. The molecule has 1 aliphatic heterocycles. The monoisotopic (exact) mass is 405 g/mol. The summed E-state index contributed by atoms with van der Waals surface area (Å²) in [5.74, 6) is 2.47. The van der Waals surface area contributed by atoms with Crippen LogP contribution in [0.2, 0.25) is 0 Å². The van der Waals surface area contributed by atoms with Crippen LogP contribution in [0.4, 0.5) is 0 Å². The van der Waals surface area contributed by atoms with Gasteiger partial charge < -0.3 is 23.8 Å². The van der Waals surface area contributed by atoms with Crippen molar-refractivity contribution in [2.75, 3.05) is 40.2 Å². The highest BCUT2D eigenvalue weighted by Crippen LogP contribution is 2.45. The normalized spacial score (nSPS) is 16.0. The number of rotatable bonds is 7. The topological polar surface area (TPSA) is 83.0 Å². The summed E-state index contributed by atoms with van der Waals surface area (Å²) in [5.41, 5.74) is 1.63. The molecule has 1 aromatic carbocycles. The largest absolute Gasteiger partial charge is 0.496 e. The molecule has 0 saturated carbocycles. The first-order chi connectivity index (χ1) is 13.6. The molecule has 8 nitrogen and oxygen atoms in total. The van der Waals surface area contributed by atoms with Gasteiger partial charge in [0.2, 0.25) is 0 Å². The van der Waals surface area contributed by atoms with E-state index in [0.717, 1.165) is 17.0 Å². The fourth-order valence-corrected chi connectivity index (χ4v) is 4.23. The first kappa shape index (κ1) is 20.1. The SMILES string of the molecule is COc1cc(OC)c(C2SCCN2C(=O)COc2nccc(C)n2)cc1OC. The van der Waals surface area contributed by atoms with E-state index in [0.29, 0.717) is 23.8 Å². The Morgan fingerprint density at radius 1 is 1.18 bits per heavy atom. The second kappa shape index (κ2) is 9.01. The zero-order valence-corrected chi connectivity index (χ0v) is 17.1. The number of amides is 1. The Morgan fingerprint density at radius 2 is 1.89 bits per heavy atom. The van der Waals surface area contributed by atoms with Gasteiger partial charge in [0.05, 0.1) is 21.3 Å². The zero-order chi connectivity index (χ0) is 20.1. The van der Waals surface area contributed by atoms with Gasteiger partial charge in [-0.15, -0.1) is 11.8 Å². The standard InChI is InChI=1S/C19H23N3O5S/c1-12-5-6-20-19(21-12)27-11-17(23)22-7-8-28-18(22)13-9-15(25-3)16(26-4)10-14(13)24-2/h5-6,9-10,18H,7-8,11H2,1-4H3. The van der Waals surface area contributed by atoms with E-state index in [1.165, 1.54) is 0 Å². The van der Waals surface area contributed by atoms with E-state index >= 15 is 0 Å². The number of methoxy groups -OCH3 is 3. The smallest absolute Gasteiger partial charge is 0.317 e. The zero-order valence-electron chi connectivity index (χ0n) is 16.3. The summed E-state index contributed by atoms with van der Waals surface area (Å²) in [5, 5.41) is -0.204. The second-order valence-electron chi connectivity index (χ2n) is 6.03. The van der Waals surface area contributed by atoms with Gasteiger partial charge in [-0.1, -0.05) is 0 Å². The molecule has 150 valence electrons. The summed E-state index contributed by atoms with van der Waals surface area (Å²) in [6, 6.07) is 5.59. The maximum Gasteiger partial charge on any atom is 0.317 e. The lowest BCUT2D eigenvalue weighted by Crippen LogP contribution is -2.34. The summed E-state index contributed by atoms with van der Waals surface area (Å²) in [4.78, 5) is 22.8. The Morgan fingerprint density at radius 3 is 2.57 bits per heavy atom. The number of ether oxygens (including phenoxy) is 4. The molecule has 9 heteroatoms. The summed E-state index contributed by atoms with van der Waals surface area (Å²) >= 11 is 1.66. The Hall–Kier alpha value is -2.68. The van der Waals surface area contributed by atoms with Crippen molar-refractivity contribution < 1.29 is 23.7 Å². The minimum Gasteiger partial charge on any atom is -0.496 e. The molecule has 1 saturated heterocycles. The molecule has 2 aromatic rings. The van der Waals surface area contributed by atoms with Gasteiger partial charge in [-0.2, -0.15) is 0 Å². The van der Waals surface area contributed by atoms with Crippen LogP contribution < -0.4 is 18.9 Å². The van der Waals surface area contributed by atoms with Crippen LogP contribution in [-0.4, -0.2) is 61.0 Å². The Kier molecular flexibility index (Phi) is 6.45. The van der Waals surface area contributed by atoms with Gasteiger partial charge >= 0.3 is 6.01 Å². The van der Waals surface area contributed by atoms with Gasteiger partial charge in [0, 0.05) is 35.8 Å². The highest BCUT2D eigenvalue weighted by atomic mass is 32.2. The van der Waals surface area contributed by atoms with Crippen LogP contribution >= 0.6 is 11.8 Å². The molecule has 1 aromatic heterocycles. The lowest BCUT2D eigenvalue weighted by Gasteiger charge is -2.26. The van der Waals surface area contributed by atoms with Crippen molar-refractivity contribution >= 4 is 17.7 Å². The minimum atomic E-state index is -0.204. The van der Waals surface area contributed by atoms with E-state index in [1.807, 2.05) is 13.0 Å². The maximum atomic E-state index is 12.8. The van der Waals surface area contributed by atoms with Crippen LogP contribution in [-0.2, 0) is 4.79 Å². The molecule has 28 heavy (non-hydrogen) atoms. The third-order valence-corrected chi connectivity index (χ3v) is 5.55. The molecule has 1 unspecified atom stereocenters. The van der Waals surface area contributed by atoms with Crippen LogP contribution in [0.3, 0.4) is 0 Å². The molecular weight excluding hydrogens is 382 g/mol. The molecule has 1 amide bonds. The van der Waals surface area contributed by atoms with E-state index in [1.54, 1.807) is 56.3 Å². The number of thioether (sulfide) groups is 1. The van der Waals surface area contributed by atoms with Crippen molar-refractivity contribution in [2.45, 2.75) is 12.3 Å². The van der Waals surface area contributed by atoms with Gasteiger partial charge in [-0.05, 0) is 19.1 Å². The van der Waals surface area contributed by atoms with Crippen LogP contribution in [0.25, 0.3) is 0 Å². The number of aromatic nitrogens is 2. The first-order valence-electron chi connectivity index (χ1n) is 8.70. The summed E-state index contributed by atoms with van der Waals surface area (Å²) in [6.07, 6.45) is 1.60. The third kappa shape index (κ3) is 4.24. The fraction of sp³-hybridized carbons (Fsp3) is 0.421. The van der Waals surface area contributed by atoms with E-state index in [9.17, 15) is 4.79 Å². The van der Waals surface area contributed by atoms with Gasteiger partial charge in [0.25, 0.3) is 5.91 Å². The quantitative estimate of drug-likeness (QED) is 0.695. The lowest BCUT2D eigenvalue weighted by molar-refractivity contribution is -0.133. The molecule has 3 rings (SSSR count). The molecule has 1 atom stereocenters. The molecule has 2 heterocycles. The van der Waals surface area contributed by atoms with E-state index in [4.69, 9.17) is 18.9 Å². The van der Waals surface area contributed by atoms with E-state index < -0.39 is 0 Å². The van der Waals surface area contributed by atoms with Crippen molar-refractivity contribution in [3.8, 4) is 23.3 Å². The molecule has 1 fully saturated rings. The van der Waals surface area contributed by atoms with Crippen molar-refractivity contribution in [2.24, 2.45) is 0 Å². The van der Waals surface area contributed by atoms with E-state index in [-0.39, 0.29) is 23.9 Å². The van der Waals surface area contributed by atoms with E-state index in [2.05, 4.69) is 9.97 Å². The van der Waals surface area contributed by atoms with Crippen LogP contribution in [0.1, 0.15) is 16.6 Å². The van der Waals surface area contributed by atoms with Gasteiger partial charge in [0.1, 0.15) is 11.1 Å². The third-order valence-electron chi connectivity index (χ3n) is 4.31. The maximum absolute atomic E-state index is 12.8. The van der Waals surface area contributed by atoms with Crippen molar-refractivity contribution in [1.82, 2.24) is 14.9 Å². The number of carbonyl (C=O) groups is 1. The predicted molar refractivity (Wildman–Crippen MR) is 105 cm³/mol. The number of hydrogen-bond donors (Lipinski definition) is 0. The Bertz CT molecular complexity index is 848. The predicted octanol–water partition coefficient (Wildman–Crippen LogP) is 2.46. The molecule has 0 spiro atoms. The molecule has 1 aliphatic rings. The number of aryl methyl sites for hydroxylation is 1. The van der Waals surface area contributed by atoms with Crippen LogP contribution in [0, 0.1) is 6.92 Å². The average molecular weight is 405 g/mol. The summed E-state index contributed by atoms with van der Waals surface area (Å²) < 4.78 is 21.8. The Balaban J connectivity index is 1.79. The summed E-state index contributed by atoms with van der Waals surface area (Å²) in [7, 11) is 4.74. The minimum absolute atomic E-state index is 0.129. The van der Waals surface area contributed by atoms with Crippen LogP contribution in [0.15, 0.2) is 24.4 Å². The Labute approximate surface area is 168 Å². The van der Waals surface area contributed by atoms with Crippen LogP contribution in [0.5, 0.6) is 23.3 Å². The fourth-order valence-electron chi connectivity index (χ4n) is 2.93. The van der Waals surface area contributed by atoms with Crippen molar-refractivity contribution in [3.05, 3.63) is 35.7 Å². The number of carbonyl (C=O) groups excluding carboxylic acids is 1. The summed E-state index contributed by atoms with van der Waals surface area (Å²) in [6.45, 7) is 2.33. The highest BCUT2D eigenvalue weighted by molar-refractivity contribution is 7.99. The van der Waals surface area contributed by atoms with Crippen molar-refractivity contribution in [3.63, 3.8) is 0 Å². The molecule has 0 aliphatic carbocycles. The molecule has 0 radical (unpaired) electrons. The molecule has 0 N–H and O–H groups in total. The van der Waals surface area contributed by atoms with Gasteiger partial charge in [-0.25, -0.2) is 9.97 Å². The van der Waals surface area contributed by atoms with Gasteiger partial charge in [-0.3, -0.25) is 4.79 Å². The van der Waals surface area contributed by atoms with Crippen molar-refractivity contribution in [1.29, 1.82) is 0 Å². The number of nitrogens with zero attached hydrogens (tertiary/aromatic N) is 3. The average Bonchev–Trinajstić information content (AvgIpc) is 3.20. The molecular formula is C19H23N3O5S. The van der Waals surface area contributed by atoms with Gasteiger partial charge in [0.15, 0.2) is 18.1 Å². The number of hydrogen-bond acceptors (Lipinski definition) is 8. The first-order valence-corrected chi connectivity index (χ1v) is 9.75.